The molecule has 0 saturated carbocycles. The van der Waals surface area contributed by atoms with Crippen LogP contribution in [0.15, 0.2) is 47.5 Å². The number of piperidine rings is 1. The van der Waals surface area contributed by atoms with Gasteiger partial charge in [0, 0.05) is 30.9 Å². The molecule has 1 aliphatic heterocycles. The molecule has 28 heavy (non-hydrogen) atoms. The predicted octanol–water partition coefficient (Wildman–Crippen LogP) is 3.65. The molecule has 0 aliphatic carbocycles. The number of anilines is 1. The highest BCUT2D eigenvalue weighted by Gasteiger charge is 2.48. The summed E-state index contributed by atoms with van der Waals surface area (Å²) in [6.45, 7) is 3.66. The Hall–Kier alpha value is -2.06. The van der Waals surface area contributed by atoms with Crippen molar-refractivity contribution in [3.8, 4) is 0 Å². The largest absolute Gasteiger partial charge is 0.387 e. The van der Waals surface area contributed by atoms with Gasteiger partial charge in [0.2, 0.25) is 14.8 Å². The highest BCUT2D eigenvalue weighted by Crippen LogP contribution is 2.40. The van der Waals surface area contributed by atoms with Crippen LogP contribution >= 0.6 is 0 Å². The van der Waals surface area contributed by atoms with Gasteiger partial charge in [0.15, 0.2) is 0 Å². The van der Waals surface area contributed by atoms with E-state index in [0.29, 0.717) is 31.6 Å². The van der Waals surface area contributed by atoms with Crippen LogP contribution in [0.3, 0.4) is 0 Å². The van der Waals surface area contributed by atoms with Crippen molar-refractivity contribution in [2.75, 3.05) is 18.0 Å². The SMILES string of the molecule is C[C@H](O)c1cc(N2CCC([C@](C)(F)S(=O)(=O)c3cccc(F)c3)CC2)ccn1. The topological polar surface area (TPSA) is 70.5 Å². The van der Waals surface area contributed by atoms with Gasteiger partial charge in [0.25, 0.3) is 0 Å². The van der Waals surface area contributed by atoms with Gasteiger partial charge in [0.1, 0.15) is 5.82 Å². The first kappa shape index (κ1) is 20.7. The number of aromatic nitrogens is 1. The van der Waals surface area contributed by atoms with Crippen LogP contribution in [0.25, 0.3) is 0 Å². The van der Waals surface area contributed by atoms with Crippen molar-refractivity contribution in [1.29, 1.82) is 0 Å². The number of sulfone groups is 1. The molecule has 1 aromatic heterocycles. The van der Waals surface area contributed by atoms with Crippen molar-refractivity contribution < 1.29 is 22.3 Å². The molecule has 0 spiro atoms. The number of aliphatic hydroxyl groups excluding tert-OH is 1. The second kappa shape index (κ2) is 7.75. The van der Waals surface area contributed by atoms with Crippen molar-refractivity contribution >= 4 is 15.5 Å². The molecule has 1 aliphatic rings. The molecule has 2 heterocycles. The van der Waals surface area contributed by atoms with E-state index in [4.69, 9.17) is 0 Å². The van der Waals surface area contributed by atoms with Gasteiger partial charge in [-0.05, 0) is 57.0 Å². The van der Waals surface area contributed by atoms with Crippen molar-refractivity contribution in [1.82, 2.24) is 4.98 Å². The average molecular weight is 410 g/mol. The van der Waals surface area contributed by atoms with Crippen LogP contribution in [0.4, 0.5) is 14.5 Å². The summed E-state index contributed by atoms with van der Waals surface area (Å²) in [6.07, 6.45) is 1.60. The number of alkyl halides is 1. The number of pyridine rings is 1. The molecule has 1 N–H and O–H groups in total. The fourth-order valence-electron chi connectivity index (χ4n) is 3.60. The van der Waals surface area contributed by atoms with E-state index >= 15 is 4.39 Å². The van der Waals surface area contributed by atoms with Gasteiger partial charge in [0.05, 0.1) is 16.7 Å². The van der Waals surface area contributed by atoms with E-state index in [0.717, 1.165) is 24.7 Å². The third kappa shape index (κ3) is 3.89. The summed E-state index contributed by atoms with van der Waals surface area (Å²) in [6, 6.07) is 8.07. The first-order chi connectivity index (χ1) is 13.1. The number of hydrogen-bond acceptors (Lipinski definition) is 5. The first-order valence-corrected chi connectivity index (χ1v) is 10.7. The Bertz CT molecular complexity index is 940. The van der Waals surface area contributed by atoms with E-state index in [9.17, 15) is 17.9 Å². The van der Waals surface area contributed by atoms with E-state index in [1.165, 1.54) is 12.1 Å². The van der Waals surface area contributed by atoms with Gasteiger partial charge < -0.3 is 10.0 Å². The minimum atomic E-state index is -4.33. The molecule has 1 fully saturated rings. The van der Waals surface area contributed by atoms with Gasteiger partial charge in [-0.25, -0.2) is 17.2 Å². The smallest absolute Gasteiger partial charge is 0.215 e. The molecule has 0 unspecified atom stereocenters. The maximum atomic E-state index is 15.5. The Morgan fingerprint density at radius 2 is 1.93 bits per heavy atom. The fourth-order valence-corrected chi connectivity index (χ4v) is 5.26. The monoisotopic (exact) mass is 410 g/mol. The number of aliphatic hydroxyl groups is 1. The van der Waals surface area contributed by atoms with Gasteiger partial charge in [-0.1, -0.05) is 6.07 Å². The number of nitrogens with zero attached hydrogens (tertiary/aromatic N) is 2. The molecule has 2 aromatic rings. The Morgan fingerprint density at radius 1 is 1.25 bits per heavy atom. The van der Waals surface area contributed by atoms with Gasteiger partial charge in [-0.3, -0.25) is 4.98 Å². The number of halogens is 2. The minimum Gasteiger partial charge on any atom is -0.387 e. The molecular weight excluding hydrogens is 386 g/mol. The van der Waals surface area contributed by atoms with E-state index in [1.807, 2.05) is 11.0 Å². The van der Waals surface area contributed by atoms with E-state index in [-0.39, 0.29) is 4.90 Å². The Morgan fingerprint density at radius 3 is 2.54 bits per heavy atom. The van der Waals surface area contributed by atoms with Gasteiger partial charge in [-0.15, -0.1) is 0 Å². The number of rotatable bonds is 5. The first-order valence-electron chi connectivity index (χ1n) is 9.21. The number of hydrogen-bond donors (Lipinski definition) is 1. The second-order valence-electron chi connectivity index (χ2n) is 7.32. The Kier molecular flexibility index (Phi) is 5.72. The standard InChI is InChI=1S/C20H24F2N2O3S/c1-14(25)19-13-17(6-9-23-19)24-10-7-15(8-11-24)20(2,22)28(26,27)18-5-3-4-16(21)12-18/h3-6,9,12-15,25H,7-8,10-11H2,1-2H3/t14-,20+/m0/s1. The van der Waals surface area contributed by atoms with Crippen LogP contribution in [-0.2, 0) is 9.84 Å². The Labute approximate surface area is 163 Å². The molecule has 8 heteroatoms. The van der Waals surface area contributed by atoms with Crippen molar-refractivity contribution in [2.45, 2.75) is 42.7 Å². The lowest BCUT2D eigenvalue weighted by molar-refractivity contribution is 0.166. The minimum absolute atomic E-state index is 0.337. The quantitative estimate of drug-likeness (QED) is 0.815. The summed E-state index contributed by atoms with van der Waals surface area (Å²) in [5.41, 5.74) is 1.40. The fraction of sp³-hybridized carbons (Fsp3) is 0.450. The molecule has 1 aromatic carbocycles. The predicted molar refractivity (Wildman–Crippen MR) is 103 cm³/mol. The molecule has 0 radical (unpaired) electrons. The van der Waals surface area contributed by atoms with Crippen LogP contribution in [0.5, 0.6) is 0 Å². The van der Waals surface area contributed by atoms with Crippen molar-refractivity contribution in [2.24, 2.45) is 5.92 Å². The third-order valence-electron chi connectivity index (χ3n) is 5.41. The lowest BCUT2D eigenvalue weighted by Gasteiger charge is -2.38. The summed E-state index contributed by atoms with van der Waals surface area (Å²) in [4.78, 5) is 5.80. The van der Waals surface area contributed by atoms with Crippen LogP contribution in [-0.4, -0.2) is 36.6 Å². The summed E-state index contributed by atoms with van der Waals surface area (Å²) in [5, 5.41) is 7.20. The van der Waals surface area contributed by atoms with E-state index in [2.05, 4.69) is 4.98 Å². The molecule has 152 valence electrons. The molecule has 5 nitrogen and oxygen atoms in total. The van der Waals surface area contributed by atoms with E-state index in [1.54, 1.807) is 19.2 Å². The van der Waals surface area contributed by atoms with Crippen molar-refractivity contribution in [3.05, 3.63) is 54.1 Å². The van der Waals surface area contributed by atoms with Crippen LogP contribution in [0.1, 0.15) is 38.5 Å². The molecule has 0 amide bonds. The second-order valence-corrected chi connectivity index (χ2v) is 9.60. The molecular formula is C20H24F2N2O3S. The highest BCUT2D eigenvalue weighted by molar-refractivity contribution is 7.92. The normalized spacial score (nSPS) is 19.2. The highest BCUT2D eigenvalue weighted by atomic mass is 32.2. The summed E-state index contributed by atoms with van der Waals surface area (Å²) >= 11 is 0. The zero-order valence-corrected chi connectivity index (χ0v) is 16.7. The summed E-state index contributed by atoms with van der Waals surface area (Å²) in [7, 11) is -4.33. The maximum absolute atomic E-state index is 15.5. The number of benzene rings is 1. The van der Waals surface area contributed by atoms with E-state index < -0.39 is 32.7 Å². The molecule has 3 rings (SSSR count). The third-order valence-corrected chi connectivity index (χ3v) is 7.67. The van der Waals surface area contributed by atoms with Crippen LogP contribution in [0, 0.1) is 11.7 Å². The zero-order chi connectivity index (χ0) is 20.5. The molecule has 1 saturated heterocycles. The zero-order valence-electron chi connectivity index (χ0n) is 15.8. The van der Waals surface area contributed by atoms with Crippen molar-refractivity contribution in [3.63, 3.8) is 0 Å². The average Bonchev–Trinajstić information content (AvgIpc) is 2.68. The Balaban J connectivity index is 1.76. The molecule has 0 bridgehead atoms. The van der Waals surface area contributed by atoms with Gasteiger partial charge in [-0.2, -0.15) is 0 Å². The lowest BCUT2D eigenvalue weighted by atomic mass is 9.92. The van der Waals surface area contributed by atoms with Crippen LogP contribution < -0.4 is 4.90 Å². The lowest BCUT2D eigenvalue weighted by Crippen LogP contribution is -2.45. The molecule has 2 atom stereocenters. The summed E-state index contributed by atoms with van der Waals surface area (Å²) < 4.78 is 54.5. The van der Waals surface area contributed by atoms with Gasteiger partial charge >= 0.3 is 0 Å². The summed E-state index contributed by atoms with van der Waals surface area (Å²) in [5.74, 6) is -1.41. The van der Waals surface area contributed by atoms with Crippen LogP contribution in [0.2, 0.25) is 0 Å². The maximum Gasteiger partial charge on any atom is 0.215 e.